The number of quaternary nitrogens is 1. The van der Waals surface area contributed by atoms with E-state index in [1.165, 1.54) is 4.88 Å². The minimum Gasteiger partial charge on any atom is -0.508 e. The lowest BCUT2D eigenvalue weighted by atomic mass is 10.3. The van der Waals surface area contributed by atoms with Gasteiger partial charge in [0.25, 0.3) is 5.13 Å². The van der Waals surface area contributed by atoms with Crippen LogP contribution in [0.4, 0.5) is 10.8 Å². The van der Waals surface area contributed by atoms with Crippen LogP contribution in [0, 0.1) is 13.8 Å². The SMILES string of the molecule is Cc1nc(C)c(-c2cnc([NH2+]c3ccc(O)cc3)s2)s1. The molecule has 6 heteroatoms. The van der Waals surface area contributed by atoms with E-state index in [0.29, 0.717) is 0 Å². The minimum absolute atomic E-state index is 0.276. The van der Waals surface area contributed by atoms with Crippen molar-refractivity contribution in [2.75, 3.05) is 0 Å². The van der Waals surface area contributed by atoms with Crippen molar-refractivity contribution in [3.8, 4) is 15.5 Å². The average molecular weight is 304 g/mol. The molecular formula is C14H14N3OS2+. The smallest absolute Gasteiger partial charge is 0.288 e. The third-order valence-electron chi connectivity index (χ3n) is 2.83. The zero-order chi connectivity index (χ0) is 14.1. The number of nitrogens with two attached hydrogens (primary N) is 1. The largest absolute Gasteiger partial charge is 0.508 e. The van der Waals surface area contributed by atoms with Crippen molar-refractivity contribution >= 4 is 33.5 Å². The molecule has 0 spiro atoms. The molecule has 3 N–H and O–H groups in total. The van der Waals surface area contributed by atoms with Crippen LogP contribution >= 0.6 is 22.7 Å². The van der Waals surface area contributed by atoms with Crippen LogP contribution in [0.3, 0.4) is 0 Å². The maximum atomic E-state index is 9.28. The fraction of sp³-hybridized carbons (Fsp3) is 0.143. The molecule has 0 aliphatic heterocycles. The molecule has 2 heterocycles. The predicted molar refractivity (Wildman–Crippen MR) is 82.0 cm³/mol. The Kier molecular flexibility index (Phi) is 3.52. The quantitative estimate of drug-likeness (QED) is 0.577. The highest BCUT2D eigenvalue weighted by Crippen LogP contribution is 2.34. The first-order valence-corrected chi connectivity index (χ1v) is 7.79. The molecule has 0 saturated carbocycles. The van der Waals surface area contributed by atoms with Gasteiger partial charge >= 0.3 is 0 Å². The van der Waals surface area contributed by atoms with Crippen LogP contribution in [0.2, 0.25) is 0 Å². The van der Waals surface area contributed by atoms with Crippen molar-refractivity contribution in [2.24, 2.45) is 0 Å². The first kappa shape index (κ1) is 13.2. The minimum atomic E-state index is 0.276. The van der Waals surface area contributed by atoms with Gasteiger partial charge in [-0.25, -0.2) is 4.98 Å². The molecule has 0 atom stereocenters. The second kappa shape index (κ2) is 5.32. The predicted octanol–water partition coefficient (Wildman–Crippen LogP) is 3.12. The Morgan fingerprint density at radius 2 is 1.85 bits per heavy atom. The van der Waals surface area contributed by atoms with E-state index in [1.54, 1.807) is 34.8 Å². The van der Waals surface area contributed by atoms with Crippen molar-refractivity contribution < 1.29 is 10.4 Å². The summed E-state index contributed by atoms with van der Waals surface area (Å²) >= 11 is 3.36. The second-order valence-electron chi connectivity index (χ2n) is 4.45. The van der Waals surface area contributed by atoms with Gasteiger partial charge in [0, 0.05) is 12.1 Å². The Hall–Kier alpha value is -1.76. The van der Waals surface area contributed by atoms with E-state index in [4.69, 9.17) is 0 Å². The summed E-state index contributed by atoms with van der Waals surface area (Å²) in [6, 6.07) is 7.10. The monoisotopic (exact) mass is 304 g/mol. The van der Waals surface area contributed by atoms with Crippen molar-refractivity contribution in [1.29, 1.82) is 0 Å². The van der Waals surface area contributed by atoms with Crippen LogP contribution < -0.4 is 5.32 Å². The molecule has 1 aromatic carbocycles. The number of thiazole rings is 2. The molecule has 20 heavy (non-hydrogen) atoms. The van der Waals surface area contributed by atoms with Crippen LogP contribution in [0.25, 0.3) is 9.75 Å². The Morgan fingerprint density at radius 3 is 2.50 bits per heavy atom. The summed E-state index contributed by atoms with van der Waals surface area (Å²) in [4.78, 5) is 11.2. The fourth-order valence-corrected chi connectivity index (χ4v) is 3.88. The molecular weight excluding hydrogens is 290 g/mol. The normalized spacial score (nSPS) is 10.9. The van der Waals surface area contributed by atoms with Crippen LogP contribution in [-0.2, 0) is 0 Å². The van der Waals surface area contributed by atoms with Crippen LogP contribution in [0.15, 0.2) is 30.5 Å². The molecule has 0 aliphatic carbocycles. The van der Waals surface area contributed by atoms with E-state index in [0.717, 1.165) is 26.4 Å². The number of benzene rings is 1. The van der Waals surface area contributed by atoms with E-state index in [1.807, 2.05) is 37.5 Å². The first-order chi connectivity index (χ1) is 9.61. The molecule has 0 bridgehead atoms. The number of aromatic nitrogens is 2. The topological polar surface area (TPSA) is 62.6 Å². The van der Waals surface area contributed by atoms with E-state index in [-0.39, 0.29) is 5.75 Å². The Balaban J connectivity index is 1.83. The summed E-state index contributed by atoms with van der Waals surface area (Å²) in [5, 5.41) is 13.3. The maximum Gasteiger partial charge on any atom is 0.288 e. The van der Waals surface area contributed by atoms with E-state index < -0.39 is 0 Å². The lowest BCUT2D eigenvalue weighted by molar-refractivity contribution is -0.478. The van der Waals surface area contributed by atoms with Crippen LogP contribution in [0.5, 0.6) is 5.75 Å². The molecule has 0 fully saturated rings. The summed E-state index contributed by atoms with van der Waals surface area (Å²) in [6.45, 7) is 4.05. The molecule has 4 nitrogen and oxygen atoms in total. The van der Waals surface area contributed by atoms with Crippen molar-refractivity contribution in [1.82, 2.24) is 9.97 Å². The van der Waals surface area contributed by atoms with Gasteiger partial charge in [0.2, 0.25) is 0 Å². The molecule has 0 radical (unpaired) electrons. The summed E-state index contributed by atoms with van der Waals surface area (Å²) in [7, 11) is 0. The van der Waals surface area contributed by atoms with Gasteiger partial charge in [-0.15, -0.1) is 11.3 Å². The number of aromatic hydroxyl groups is 1. The number of hydrogen-bond acceptors (Lipinski definition) is 5. The van der Waals surface area contributed by atoms with Gasteiger partial charge in [-0.3, -0.25) is 5.32 Å². The zero-order valence-corrected chi connectivity index (χ0v) is 12.8. The molecule has 2 aromatic heterocycles. The highest BCUT2D eigenvalue weighted by atomic mass is 32.1. The molecule has 0 aliphatic rings. The van der Waals surface area contributed by atoms with E-state index in [9.17, 15) is 5.11 Å². The van der Waals surface area contributed by atoms with Crippen molar-refractivity contribution in [2.45, 2.75) is 13.8 Å². The standard InChI is InChI=1S/C14H13N3OS2/c1-8-13(19-9(2)16-8)12-7-15-14(20-12)17-10-3-5-11(18)6-4-10/h3-7,18H,1-2H3,(H,15,17)/p+1. The first-order valence-electron chi connectivity index (χ1n) is 6.16. The average Bonchev–Trinajstić information content (AvgIpc) is 2.99. The number of hydrogen-bond donors (Lipinski definition) is 2. The Morgan fingerprint density at radius 1 is 1.10 bits per heavy atom. The summed E-state index contributed by atoms with van der Waals surface area (Å²) in [5.41, 5.74) is 2.09. The van der Waals surface area contributed by atoms with Gasteiger partial charge in [-0.1, -0.05) is 11.3 Å². The molecule has 0 saturated heterocycles. The van der Waals surface area contributed by atoms with Crippen molar-refractivity contribution in [3.05, 3.63) is 41.2 Å². The molecule has 3 aromatic rings. The lowest BCUT2D eigenvalue weighted by Crippen LogP contribution is -2.70. The number of phenols is 1. The van der Waals surface area contributed by atoms with Crippen LogP contribution in [0.1, 0.15) is 10.7 Å². The van der Waals surface area contributed by atoms with Gasteiger partial charge in [-0.05, 0) is 26.0 Å². The van der Waals surface area contributed by atoms with Gasteiger partial charge in [0.1, 0.15) is 11.4 Å². The van der Waals surface area contributed by atoms with Crippen molar-refractivity contribution in [3.63, 3.8) is 0 Å². The van der Waals surface area contributed by atoms with E-state index in [2.05, 4.69) is 9.97 Å². The third-order valence-corrected chi connectivity index (χ3v) is 5.03. The summed E-state index contributed by atoms with van der Waals surface area (Å²) in [6.07, 6.45) is 1.90. The summed E-state index contributed by atoms with van der Waals surface area (Å²) in [5.74, 6) is 0.276. The maximum absolute atomic E-state index is 9.28. The molecule has 0 amide bonds. The fourth-order valence-electron chi connectivity index (χ4n) is 1.93. The number of phenolic OH excluding ortho intramolecular Hbond substituents is 1. The van der Waals surface area contributed by atoms with Gasteiger partial charge in [0.15, 0.2) is 0 Å². The highest BCUT2D eigenvalue weighted by Gasteiger charge is 2.13. The summed E-state index contributed by atoms with van der Waals surface area (Å²) < 4.78 is 0. The lowest BCUT2D eigenvalue weighted by Gasteiger charge is -1.95. The molecule has 0 unspecified atom stereocenters. The zero-order valence-electron chi connectivity index (χ0n) is 11.1. The van der Waals surface area contributed by atoms with Gasteiger partial charge in [0.05, 0.1) is 26.7 Å². The number of rotatable bonds is 3. The van der Waals surface area contributed by atoms with Gasteiger partial charge in [-0.2, -0.15) is 4.98 Å². The number of aryl methyl sites for hydroxylation is 2. The highest BCUT2D eigenvalue weighted by molar-refractivity contribution is 7.23. The Bertz CT molecular complexity index is 731. The molecule has 102 valence electrons. The van der Waals surface area contributed by atoms with Crippen LogP contribution in [-0.4, -0.2) is 15.1 Å². The Labute approximate surface area is 124 Å². The van der Waals surface area contributed by atoms with Gasteiger partial charge < -0.3 is 5.11 Å². The molecule has 3 rings (SSSR count). The third kappa shape index (κ3) is 2.72. The second-order valence-corrected chi connectivity index (χ2v) is 6.71. The number of nitrogens with zero attached hydrogens (tertiary/aromatic N) is 2. The van der Waals surface area contributed by atoms with E-state index >= 15 is 0 Å².